The van der Waals surface area contributed by atoms with Gasteiger partial charge in [-0.2, -0.15) is 0 Å². The Balaban J connectivity index is 1.66. The Morgan fingerprint density at radius 3 is 2.55 bits per heavy atom. The summed E-state index contributed by atoms with van der Waals surface area (Å²) in [5.41, 5.74) is 4.45. The molecule has 1 aromatic rings. The van der Waals surface area contributed by atoms with Crippen LogP contribution in [-0.4, -0.2) is 30.6 Å². The van der Waals surface area contributed by atoms with Crippen molar-refractivity contribution in [2.24, 2.45) is 5.92 Å². The monoisotopic (exact) mass is 272 g/mol. The van der Waals surface area contributed by atoms with Crippen LogP contribution in [0, 0.1) is 19.8 Å². The summed E-state index contributed by atoms with van der Waals surface area (Å²) in [4.78, 5) is 2.76. The van der Waals surface area contributed by atoms with Gasteiger partial charge in [0.25, 0.3) is 0 Å². The first kappa shape index (κ1) is 14.1. The maximum atomic E-state index is 3.48. The number of hydrogen-bond acceptors (Lipinski definition) is 2. The first-order valence-corrected chi connectivity index (χ1v) is 8.24. The summed E-state index contributed by atoms with van der Waals surface area (Å²) < 4.78 is 0. The average Bonchev–Trinajstić information content (AvgIpc) is 3.29. The van der Waals surface area contributed by atoms with Crippen molar-refractivity contribution in [2.75, 3.05) is 19.6 Å². The summed E-state index contributed by atoms with van der Waals surface area (Å²) in [5, 5.41) is 3.48. The summed E-state index contributed by atoms with van der Waals surface area (Å²) in [6.07, 6.45) is 5.54. The zero-order chi connectivity index (χ0) is 13.9. The summed E-state index contributed by atoms with van der Waals surface area (Å²) >= 11 is 0. The summed E-state index contributed by atoms with van der Waals surface area (Å²) in [7, 11) is 0. The molecule has 1 saturated heterocycles. The van der Waals surface area contributed by atoms with Gasteiger partial charge in [-0.1, -0.05) is 18.2 Å². The number of hydrogen-bond donors (Lipinski definition) is 1. The molecule has 0 aromatic heterocycles. The second kappa shape index (κ2) is 6.28. The molecule has 0 bridgehead atoms. The van der Waals surface area contributed by atoms with E-state index in [4.69, 9.17) is 0 Å². The van der Waals surface area contributed by atoms with Crippen molar-refractivity contribution in [1.82, 2.24) is 10.2 Å². The normalized spacial score (nSPS) is 20.6. The molecule has 2 heteroatoms. The lowest BCUT2D eigenvalue weighted by Gasteiger charge is -2.30. The van der Waals surface area contributed by atoms with Crippen LogP contribution >= 0.6 is 0 Å². The lowest BCUT2D eigenvalue weighted by Crippen LogP contribution is -2.37. The molecule has 0 radical (unpaired) electrons. The highest BCUT2D eigenvalue weighted by atomic mass is 15.2. The third-order valence-corrected chi connectivity index (χ3v) is 5.10. The second-order valence-electron chi connectivity index (χ2n) is 6.71. The number of nitrogens with one attached hydrogen (secondary N) is 1. The van der Waals surface area contributed by atoms with Crippen molar-refractivity contribution < 1.29 is 0 Å². The third-order valence-electron chi connectivity index (χ3n) is 5.10. The zero-order valence-corrected chi connectivity index (χ0v) is 13.0. The van der Waals surface area contributed by atoms with Gasteiger partial charge in [-0.25, -0.2) is 0 Å². The third kappa shape index (κ3) is 3.42. The van der Waals surface area contributed by atoms with Gasteiger partial charge in [-0.15, -0.1) is 0 Å². The van der Waals surface area contributed by atoms with Crippen LogP contribution in [0.3, 0.4) is 0 Å². The van der Waals surface area contributed by atoms with Crippen LogP contribution in [0.2, 0.25) is 0 Å². The molecule has 1 saturated carbocycles. The standard InChI is InChI=1S/C18H28N2/c1-14-4-3-5-17(15(14)2)13-20(18-6-7-18)12-16-8-10-19-11-9-16/h3-5,16,18-19H,6-13H2,1-2H3. The van der Waals surface area contributed by atoms with E-state index in [0.717, 1.165) is 18.5 Å². The van der Waals surface area contributed by atoms with Gasteiger partial charge in [0.2, 0.25) is 0 Å². The summed E-state index contributed by atoms with van der Waals surface area (Å²) in [6.45, 7) is 9.40. The molecule has 2 aliphatic rings. The van der Waals surface area contributed by atoms with E-state index in [0.29, 0.717) is 0 Å². The minimum atomic E-state index is 0.866. The first-order valence-electron chi connectivity index (χ1n) is 8.24. The Morgan fingerprint density at radius 1 is 1.10 bits per heavy atom. The fraction of sp³-hybridized carbons (Fsp3) is 0.667. The fourth-order valence-electron chi connectivity index (χ4n) is 3.38. The molecule has 1 N–H and O–H groups in total. The van der Waals surface area contributed by atoms with E-state index in [9.17, 15) is 0 Å². The smallest absolute Gasteiger partial charge is 0.0239 e. The molecule has 110 valence electrons. The molecule has 2 nitrogen and oxygen atoms in total. The van der Waals surface area contributed by atoms with Crippen LogP contribution in [0.25, 0.3) is 0 Å². The van der Waals surface area contributed by atoms with E-state index in [1.165, 1.54) is 62.0 Å². The molecule has 20 heavy (non-hydrogen) atoms. The SMILES string of the molecule is Cc1cccc(CN(CC2CCNCC2)C2CC2)c1C. The maximum Gasteiger partial charge on any atom is 0.0239 e. The van der Waals surface area contributed by atoms with Crippen LogP contribution in [0.15, 0.2) is 18.2 Å². The van der Waals surface area contributed by atoms with E-state index < -0.39 is 0 Å². The van der Waals surface area contributed by atoms with Crippen molar-refractivity contribution in [2.45, 2.75) is 52.1 Å². The molecule has 3 rings (SSSR count). The highest BCUT2D eigenvalue weighted by Gasteiger charge is 2.31. The Bertz CT molecular complexity index is 445. The van der Waals surface area contributed by atoms with E-state index in [-0.39, 0.29) is 0 Å². The molecule has 0 amide bonds. The van der Waals surface area contributed by atoms with Crippen LogP contribution in [0.5, 0.6) is 0 Å². The molecule has 1 aliphatic heterocycles. The molecule has 1 aromatic carbocycles. The molecule has 2 fully saturated rings. The Hall–Kier alpha value is -0.860. The summed E-state index contributed by atoms with van der Waals surface area (Å²) in [6, 6.07) is 7.63. The van der Waals surface area contributed by atoms with Gasteiger partial charge in [0.1, 0.15) is 0 Å². The van der Waals surface area contributed by atoms with Gasteiger partial charge in [-0.3, -0.25) is 4.90 Å². The van der Waals surface area contributed by atoms with Crippen molar-refractivity contribution in [3.63, 3.8) is 0 Å². The average molecular weight is 272 g/mol. The van der Waals surface area contributed by atoms with Crippen LogP contribution < -0.4 is 5.32 Å². The number of rotatable bonds is 5. The number of piperidine rings is 1. The molecule has 0 unspecified atom stereocenters. The lowest BCUT2D eigenvalue weighted by atomic mass is 9.96. The van der Waals surface area contributed by atoms with E-state index in [2.05, 4.69) is 42.3 Å². The maximum absolute atomic E-state index is 3.48. The molecule has 0 spiro atoms. The molecular formula is C18H28N2. The highest BCUT2D eigenvalue weighted by molar-refractivity contribution is 5.33. The first-order chi connectivity index (χ1) is 9.74. The van der Waals surface area contributed by atoms with Gasteiger partial charge in [-0.05, 0) is 75.2 Å². The van der Waals surface area contributed by atoms with E-state index in [1.54, 1.807) is 0 Å². The zero-order valence-electron chi connectivity index (χ0n) is 13.0. The predicted molar refractivity (Wildman–Crippen MR) is 84.9 cm³/mol. The van der Waals surface area contributed by atoms with Crippen molar-refractivity contribution >= 4 is 0 Å². The minimum absolute atomic E-state index is 0.866. The van der Waals surface area contributed by atoms with Crippen molar-refractivity contribution in [3.05, 3.63) is 34.9 Å². The largest absolute Gasteiger partial charge is 0.317 e. The Labute approximate surface area is 123 Å². The molecular weight excluding hydrogens is 244 g/mol. The number of nitrogens with zero attached hydrogens (tertiary/aromatic N) is 1. The lowest BCUT2D eigenvalue weighted by molar-refractivity contribution is 0.190. The molecule has 0 atom stereocenters. The molecule has 1 heterocycles. The quantitative estimate of drug-likeness (QED) is 0.885. The van der Waals surface area contributed by atoms with Gasteiger partial charge in [0.05, 0.1) is 0 Å². The van der Waals surface area contributed by atoms with Crippen LogP contribution in [-0.2, 0) is 6.54 Å². The van der Waals surface area contributed by atoms with Gasteiger partial charge in [0, 0.05) is 19.1 Å². The number of benzene rings is 1. The highest BCUT2D eigenvalue weighted by Crippen LogP contribution is 2.31. The summed E-state index contributed by atoms with van der Waals surface area (Å²) in [5.74, 6) is 0.905. The van der Waals surface area contributed by atoms with Crippen molar-refractivity contribution in [3.8, 4) is 0 Å². The number of aryl methyl sites for hydroxylation is 1. The van der Waals surface area contributed by atoms with Crippen LogP contribution in [0.4, 0.5) is 0 Å². The van der Waals surface area contributed by atoms with Gasteiger partial charge < -0.3 is 5.32 Å². The predicted octanol–water partition coefficient (Wildman–Crippen LogP) is 3.27. The Kier molecular flexibility index (Phi) is 4.42. The van der Waals surface area contributed by atoms with E-state index >= 15 is 0 Å². The topological polar surface area (TPSA) is 15.3 Å². The van der Waals surface area contributed by atoms with Crippen LogP contribution in [0.1, 0.15) is 42.4 Å². The second-order valence-corrected chi connectivity index (χ2v) is 6.71. The Morgan fingerprint density at radius 2 is 1.85 bits per heavy atom. The van der Waals surface area contributed by atoms with Gasteiger partial charge in [0.15, 0.2) is 0 Å². The molecule has 1 aliphatic carbocycles. The van der Waals surface area contributed by atoms with Gasteiger partial charge >= 0.3 is 0 Å². The minimum Gasteiger partial charge on any atom is -0.317 e. The fourth-order valence-corrected chi connectivity index (χ4v) is 3.38. The van der Waals surface area contributed by atoms with Crippen molar-refractivity contribution in [1.29, 1.82) is 0 Å². The van der Waals surface area contributed by atoms with E-state index in [1.807, 2.05) is 0 Å².